The second kappa shape index (κ2) is 3.89. The van der Waals surface area contributed by atoms with Gasteiger partial charge in [0.15, 0.2) is 5.65 Å². The van der Waals surface area contributed by atoms with E-state index in [0.717, 1.165) is 12.3 Å². The largest absolute Gasteiger partial charge is 0.417 e. The van der Waals surface area contributed by atoms with Crippen molar-refractivity contribution >= 4 is 17.2 Å². The first-order chi connectivity index (χ1) is 7.80. The molecule has 0 aliphatic rings. The Morgan fingerprint density at radius 1 is 1.47 bits per heavy atom. The molecule has 0 spiro atoms. The molecular weight excluding hydrogens is 255 g/mol. The van der Waals surface area contributed by atoms with Crippen LogP contribution in [0.15, 0.2) is 18.5 Å². The number of nitrogens with two attached hydrogens (primary N) is 1. The van der Waals surface area contributed by atoms with Crippen LogP contribution in [0.4, 0.5) is 13.2 Å². The molecule has 0 radical (unpaired) electrons. The van der Waals surface area contributed by atoms with E-state index in [2.05, 4.69) is 4.98 Å². The van der Waals surface area contributed by atoms with Crippen molar-refractivity contribution in [1.29, 1.82) is 0 Å². The highest BCUT2D eigenvalue weighted by atomic mass is 35.5. The Bertz CT molecular complexity index is 560. The number of halogens is 4. The van der Waals surface area contributed by atoms with Gasteiger partial charge in [0.1, 0.15) is 0 Å². The van der Waals surface area contributed by atoms with E-state index in [4.69, 9.17) is 17.3 Å². The fourth-order valence-electron chi connectivity index (χ4n) is 1.56. The first kappa shape index (κ1) is 12.2. The van der Waals surface area contributed by atoms with E-state index in [1.165, 1.54) is 10.6 Å². The highest BCUT2D eigenvalue weighted by molar-refractivity contribution is 6.33. The molecule has 2 aromatic heterocycles. The third-order valence-corrected chi connectivity index (χ3v) is 2.66. The predicted molar refractivity (Wildman–Crippen MR) is 57.8 cm³/mol. The average Bonchev–Trinajstić information content (AvgIpc) is 2.60. The Morgan fingerprint density at radius 2 is 2.12 bits per heavy atom. The second-order valence-electron chi connectivity index (χ2n) is 3.74. The van der Waals surface area contributed by atoms with Gasteiger partial charge in [-0.15, -0.1) is 0 Å². The predicted octanol–water partition coefficient (Wildman–Crippen LogP) is 3.03. The van der Waals surface area contributed by atoms with Crippen molar-refractivity contribution in [1.82, 2.24) is 9.38 Å². The molecule has 0 aromatic carbocycles. The molecular formula is C10H9ClF3N3. The van der Waals surface area contributed by atoms with E-state index in [-0.39, 0.29) is 10.7 Å². The minimum atomic E-state index is -4.45. The summed E-state index contributed by atoms with van der Waals surface area (Å²) in [5.74, 6) is 0. The number of aromatic nitrogens is 2. The molecule has 0 bridgehead atoms. The zero-order valence-electron chi connectivity index (χ0n) is 8.79. The number of rotatable bonds is 1. The van der Waals surface area contributed by atoms with Crippen LogP contribution in [0.25, 0.3) is 5.65 Å². The summed E-state index contributed by atoms with van der Waals surface area (Å²) in [6, 6.07) is 0.430. The molecule has 0 aliphatic carbocycles. The summed E-state index contributed by atoms with van der Waals surface area (Å²) in [7, 11) is 0. The van der Waals surface area contributed by atoms with Gasteiger partial charge in [-0.3, -0.25) is 0 Å². The molecule has 2 heterocycles. The van der Waals surface area contributed by atoms with Crippen molar-refractivity contribution in [3.8, 4) is 0 Å². The van der Waals surface area contributed by atoms with Gasteiger partial charge in [-0.1, -0.05) is 11.6 Å². The van der Waals surface area contributed by atoms with Gasteiger partial charge in [-0.25, -0.2) is 4.98 Å². The van der Waals surface area contributed by atoms with Crippen molar-refractivity contribution in [3.05, 3.63) is 34.7 Å². The number of nitrogens with zero attached hydrogens (tertiary/aromatic N) is 2. The summed E-state index contributed by atoms with van der Waals surface area (Å²) in [6.45, 7) is 1.66. The van der Waals surface area contributed by atoms with Crippen LogP contribution < -0.4 is 5.73 Å². The maximum atomic E-state index is 12.6. The minimum Gasteiger partial charge on any atom is -0.323 e. The van der Waals surface area contributed by atoms with Crippen LogP contribution >= 0.6 is 11.6 Å². The fourth-order valence-corrected chi connectivity index (χ4v) is 1.81. The SMILES string of the molecule is CC(N)c1cnc2c(Cl)cc(C(F)(F)F)cn12. The zero-order chi connectivity index (χ0) is 12.8. The summed E-state index contributed by atoms with van der Waals surface area (Å²) in [5.41, 5.74) is 5.57. The lowest BCUT2D eigenvalue weighted by molar-refractivity contribution is -0.137. The molecule has 0 saturated carbocycles. The Morgan fingerprint density at radius 3 is 2.65 bits per heavy atom. The van der Waals surface area contributed by atoms with Crippen molar-refractivity contribution in [2.75, 3.05) is 0 Å². The van der Waals surface area contributed by atoms with E-state index in [1.54, 1.807) is 6.92 Å². The summed E-state index contributed by atoms with van der Waals surface area (Å²) >= 11 is 5.76. The number of fused-ring (bicyclic) bond motifs is 1. The maximum absolute atomic E-state index is 12.6. The second-order valence-corrected chi connectivity index (χ2v) is 4.15. The quantitative estimate of drug-likeness (QED) is 0.859. The van der Waals surface area contributed by atoms with Gasteiger partial charge in [0.2, 0.25) is 0 Å². The lowest BCUT2D eigenvalue weighted by Gasteiger charge is -2.10. The molecule has 0 fully saturated rings. The zero-order valence-corrected chi connectivity index (χ0v) is 9.55. The Labute approximate surface area is 100 Å². The normalized spacial score (nSPS) is 14.2. The molecule has 0 aliphatic heterocycles. The van der Waals surface area contributed by atoms with E-state index in [0.29, 0.717) is 5.69 Å². The monoisotopic (exact) mass is 263 g/mol. The van der Waals surface area contributed by atoms with Gasteiger partial charge in [0.05, 0.1) is 22.5 Å². The van der Waals surface area contributed by atoms with Crippen molar-refractivity contribution < 1.29 is 13.2 Å². The lowest BCUT2D eigenvalue weighted by Crippen LogP contribution is -2.11. The Hall–Kier alpha value is -1.27. The molecule has 0 saturated heterocycles. The number of hydrogen-bond acceptors (Lipinski definition) is 2. The number of hydrogen-bond donors (Lipinski definition) is 1. The number of alkyl halides is 3. The van der Waals surface area contributed by atoms with E-state index in [9.17, 15) is 13.2 Å². The van der Waals surface area contributed by atoms with Gasteiger partial charge >= 0.3 is 6.18 Å². The average molecular weight is 264 g/mol. The molecule has 92 valence electrons. The molecule has 2 aromatic rings. The van der Waals surface area contributed by atoms with Gasteiger partial charge in [0.25, 0.3) is 0 Å². The van der Waals surface area contributed by atoms with Gasteiger partial charge < -0.3 is 10.1 Å². The van der Waals surface area contributed by atoms with Crippen molar-refractivity contribution in [2.24, 2.45) is 5.73 Å². The van der Waals surface area contributed by atoms with Gasteiger partial charge in [-0.2, -0.15) is 13.2 Å². The van der Waals surface area contributed by atoms with Crippen LogP contribution in [0.5, 0.6) is 0 Å². The molecule has 17 heavy (non-hydrogen) atoms. The number of pyridine rings is 1. The molecule has 3 nitrogen and oxygen atoms in total. The topological polar surface area (TPSA) is 43.3 Å². The van der Waals surface area contributed by atoms with Crippen LogP contribution in [-0.2, 0) is 6.18 Å². The van der Waals surface area contributed by atoms with Crippen molar-refractivity contribution in [3.63, 3.8) is 0 Å². The highest BCUT2D eigenvalue weighted by Gasteiger charge is 2.32. The molecule has 7 heteroatoms. The van der Waals surface area contributed by atoms with E-state index < -0.39 is 17.8 Å². The summed E-state index contributed by atoms with van der Waals surface area (Å²) in [6.07, 6.45) is -2.07. The van der Waals surface area contributed by atoms with Crippen molar-refractivity contribution in [2.45, 2.75) is 19.1 Å². The standard InChI is InChI=1S/C10H9ClF3N3/c1-5(15)8-3-16-9-7(11)2-6(4-17(8)9)10(12,13)14/h2-5H,15H2,1H3. The maximum Gasteiger partial charge on any atom is 0.417 e. The van der Waals surface area contributed by atoms with Crippen LogP contribution in [0.3, 0.4) is 0 Å². The number of imidazole rings is 1. The van der Waals surface area contributed by atoms with Crippen LogP contribution in [0.1, 0.15) is 24.2 Å². The molecule has 1 atom stereocenters. The molecule has 1 unspecified atom stereocenters. The van der Waals surface area contributed by atoms with Crippen LogP contribution in [0.2, 0.25) is 5.02 Å². The lowest BCUT2D eigenvalue weighted by atomic mass is 10.2. The third kappa shape index (κ3) is 2.10. The smallest absolute Gasteiger partial charge is 0.323 e. The van der Waals surface area contributed by atoms with Crippen LogP contribution in [-0.4, -0.2) is 9.38 Å². The molecule has 2 rings (SSSR count). The minimum absolute atomic E-state index is 0.0493. The fraction of sp³-hybridized carbons (Fsp3) is 0.300. The van der Waals surface area contributed by atoms with E-state index >= 15 is 0 Å². The summed E-state index contributed by atoms with van der Waals surface area (Å²) in [5, 5.41) is -0.0493. The summed E-state index contributed by atoms with van der Waals surface area (Å²) < 4.78 is 39.1. The van der Waals surface area contributed by atoms with Crippen LogP contribution in [0, 0.1) is 0 Å². The highest BCUT2D eigenvalue weighted by Crippen LogP contribution is 2.32. The van der Waals surface area contributed by atoms with Gasteiger partial charge in [-0.05, 0) is 13.0 Å². The van der Waals surface area contributed by atoms with E-state index in [1.807, 2.05) is 0 Å². The first-order valence-corrected chi connectivity index (χ1v) is 5.18. The van der Waals surface area contributed by atoms with Gasteiger partial charge in [0, 0.05) is 12.2 Å². The third-order valence-electron chi connectivity index (χ3n) is 2.38. The first-order valence-electron chi connectivity index (χ1n) is 4.80. The molecule has 0 amide bonds. The molecule has 2 N–H and O–H groups in total. The Kier molecular flexibility index (Phi) is 2.79. The Balaban J connectivity index is 2.74. The summed E-state index contributed by atoms with van der Waals surface area (Å²) in [4.78, 5) is 3.95.